The molecule has 1 aromatic heterocycles. The molecule has 0 aliphatic carbocycles. The van der Waals surface area contributed by atoms with Crippen LogP contribution in [0.15, 0.2) is 6.33 Å². The third kappa shape index (κ3) is 5.99. The average molecular weight is 320 g/mol. The first-order valence-electron chi connectivity index (χ1n) is 3.05. The van der Waals surface area contributed by atoms with Crippen molar-refractivity contribution in [3.05, 3.63) is 12.2 Å². The zero-order valence-corrected chi connectivity index (χ0v) is 10.6. The number of aromatic amines is 1. The van der Waals surface area contributed by atoms with E-state index in [4.69, 9.17) is 5.73 Å². The van der Waals surface area contributed by atoms with E-state index in [1.54, 1.807) is 11.8 Å². The van der Waals surface area contributed by atoms with E-state index in [-0.39, 0.29) is 34.0 Å². The second kappa shape index (κ2) is 9.50. The topological polar surface area (TPSA) is 67.6 Å². The van der Waals surface area contributed by atoms with Crippen molar-refractivity contribution in [1.29, 1.82) is 0 Å². The molecule has 0 saturated heterocycles. The zero-order valence-electron chi connectivity index (χ0n) is 6.40. The summed E-state index contributed by atoms with van der Waals surface area (Å²) in [5.41, 5.74) is 5.30. The maximum atomic E-state index is 5.30. The number of hydrogen-bond acceptors (Lipinski definition) is 4. The zero-order chi connectivity index (χ0) is 7.23. The van der Waals surface area contributed by atoms with E-state index < -0.39 is 0 Å². The van der Waals surface area contributed by atoms with Crippen molar-refractivity contribution in [3.63, 3.8) is 0 Å². The van der Waals surface area contributed by atoms with Gasteiger partial charge in [-0.1, -0.05) is 0 Å². The molecule has 0 aliphatic heterocycles. The lowest BCUT2D eigenvalue weighted by Gasteiger charge is -1.92. The molecule has 72 valence electrons. The molecule has 1 rings (SSSR count). The summed E-state index contributed by atoms with van der Waals surface area (Å²) < 4.78 is 0. The molecular formula is C5H12Br2N4S. The van der Waals surface area contributed by atoms with Crippen LogP contribution < -0.4 is 5.73 Å². The summed E-state index contributed by atoms with van der Waals surface area (Å²) in [4.78, 5) is 3.96. The van der Waals surface area contributed by atoms with Crippen molar-refractivity contribution in [2.24, 2.45) is 5.73 Å². The Hall–Kier alpha value is 0.410. The average Bonchev–Trinajstić information content (AvgIpc) is 2.41. The number of nitrogens with zero attached hydrogens (tertiary/aromatic N) is 2. The van der Waals surface area contributed by atoms with E-state index in [0.29, 0.717) is 0 Å². The minimum absolute atomic E-state index is 0. The molecule has 1 heterocycles. The molecule has 0 fully saturated rings. The van der Waals surface area contributed by atoms with Crippen LogP contribution in [0.4, 0.5) is 0 Å². The largest absolute Gasteiger partial charge is 0.330 e. The molecule has 1 aromatic rings. The van der Waals surface area contributed by atoms with Crippen LogP contribution >= 0.6 is 45.7 Å². The smallest absolute Gasteiger partial charge is 0.137 e. The lowest BCUT2D eigenvalue weighted by Crippen LogP contribution is -2.01. The minimum Gasteiger partial charge on any atom is -0.330 e. The lowest BCUT2D eigenvalue weighted by molar-refractivity contribution is 1.02. The van der Waals surface area contributed by atoms with Crippen molar-refractivity contribution in [3.8, 4) is 0 Å². The number of thioether (sulfide) groups is 1. The number of H-pyrrole nitrogens is 1. The van der Waals surface area contributed by atoms with Gasteiger partial charge in [0.15, 0.2) is 0 Å². The first-order valence-corrected chi connectivity index (χ1v) is 4.21. The Balaban J connectivity index is 0. The van der Waals surface area contributed by atoms with E-state index in [2.05, 4.69) is 15.2 Å². The van der Waals surface area contributed by atoms with Crippen LogP contribution in [0.5, 0.6) is 0 Å². The van der Waals surface area contributed by atoms with Gasteiger partial charge < -0.3 is 5.73 Å². The third-order valence-electron chi connectivity index (χ3n) is 0.966. The molecule has 0 aromatic carbocycles. The molecule has 4 nitrogen and oxygen atoms in total. The number of hydrogen-bond donors (Lipinski definition) is 2. The predicted molar refractivity (Wildman–Crippen MR) is 62.2 cm³/mol. The van der Waals surface area contributed by atoms with Crippen LogP contribution in [-0.2, 0) is 5.75 Å². The van der Waals surface area contributed by atoms with Crippen LogP contribution in [-0.4, -0.2) is 27.5 Å². The van der Waals surface area contributed by atoms with E-state index in [0.717, 1.165) is 23.9 Å². The molecule has 0 saturated carbocycles. The van der Waals surface area contributed by atoms with Crippen molar-refractivity contribution in [2.45, 2.75) is 5.75 Å². The first kappa shape index (κ1) is 14.9. The summed E-state index contributed by atoms with van der Waals surface area (Å²) in [7, 11) is 0. The van der Waals surface area contributed by atoms with E-state index in [1.165, 1.54) is 6.33 Å². The van der Waals surface area contributed by atoms with Crippen LogP contribution in [0.3, 0.4) is 0 Å². The van der Waals surface area contributed by atoms with E-state index >= 15 is 0 Å². The Morgan fingerprint density at radius 2 is 2.25 bits per heavy atom. The summed E-state index contributed by atoms with van der Waals surface area (Å²) >= 11 is 1.75. The highest BCUT2D eigenvalue weighted by Crippen LogP contribution is 2.04. The van der Waals surface area contributed by atoms with Crippen LogP contribution in [0, 0.1) is 0 Å². The molecule has 0 unspecified atom stereocenters. The van der Waals surface area contributed by atoms with Crippen LogP contribution in [0.1, 0.15) is 5.82 Å². The SMILES string of the molecule is Br.Br.NCCSCc1ncn[nH]1. The molecule has 7 heteroatoms. The molecule has 0 atom stereocenters. The monoisotopic (exact) mass is 318 g/mol. The highest BCUT2D eigenvalue weighted by molar-refractivity contribution is 8.93. The molecule has 0 radical (unpaired) electrons. The van der Waals surface area contributed by atoms with Crippen molar-refractivity contribution < 1.29 is 0 Å². The number of rotatable bonds is 4. The summed E-state index contributed by atoms with van der Waals surface area (Å²) in [6.45, 7) is 0.721. The molecule has 0 aliphatic rings. The fourth-order valence-electron chi connectivity index (χ4n) is 0.553. The standard InChI is InChI=1S/C5H10N4S.2BrH/c6-1-2-10-3-5-7-4-8-9-5;;/h4H,1-3,6H2,(H,7,8,9);2*1H. The molecule has 0 spiro atoms. The third-order valence-corrected chi connectivity index (χ3v) is 1.97. The van der Waals surface area contributed by atoms with Gasteiger partial charge in [-0.2, -0.15) is 16.9 Å². The second-order valence-corrected chi connectivity index (χ2v) is 2.88. The Morgan fingerprint density at radius 1 is 1.50 bits per heavy atom. The molecule has 12 heavy (non-hydrogen) atoms. The van der Waals surface area contributed by atoms with Crippen LogP contribution in [0.2, 0.25) is 0 Å². The van der Waals surface area contributed by atoms with Crippen LogP contribution in [0.25, 0.3) is 0 Å². The number of aromatic nitrogens is 3. The van der Waals surface area contributed by atoms with Gasteiger partial charge in [-0.25, -0.2) is 4.98 Å². The molecule has 0 bridgehead atoms. The summed E-state index contributed by atoms with van der Waals surface area (Å²) in [5, 5.41) is 6.49. The Morgan fingerprint density at radius 3 is 2.75 bits per heavy atom. The van der Waals surface area contributed by atoms with Gasteiger partial charge in [-0.3, -0.25) is 5.10 Å². The summed E-state index contributed by atoms with van der Waals surface area (Å²) in [5.74, 6) is 2.76. The summed E-state index contributed by atoms with van der Waals surface area (Å²) in [6, 6.07) is 0. The van der Waals surface area contributed by atoms with Gasteiger partial charge in [0.2, 0.25) is 0 Å². The van der Waals surface area contributed by atoms with Gasteiger partial charge in [0, 0.05) is 12.3 Å². The van der Waals surface area contributed by atoms with Gasteiger partial charge in [0.1, 0.15) is 12.2 Å². The van der Waals surface area contributed by atoms with Gasteiger partial charge in [0.05, 0.1) is 5.75 Å². The normalized spacial score (nSPS) is 8.42. The van der Waals surface area contributed by atoms with E-state index in [1.807, 2.05) is 0 Å². The fourth-order valence-corrected chi connectivity index (χ4v) is 1.20. The van der Waals surface area contributed by atoms with Crippen molar-refractivity contribution >= 4 is 45.7 Å². The van der Waals surface area contributed by atoms with E-state index in [9.17, 15) is 0 Å². The molecule has 0 amide bonds. The number of nitrogens with two attached hydrogens (primary N) is 1. The van der Waals surface area contributed by atoms with Gasteiger partial charge in [-0.15, -0.1) is 34.0 Å². The molecule has 3 N–H and O–H groups in total. The predicted octanol–water partition coefficient (Wildman–Crippen LogP) is 1.15. The second-order valence-electron chi connectivity index (χ2n) is 1.77. The van der Waals surface area contributed by atoms with Crippen molar-refractivity contribution in [1.82, 2.24) is 15.2 Å². The Labute approximate surface area is 96.6 Å². The van der Waals surface area contributed by atoms with Crippen molar-refractivity contribution in [2.75, 3.05) is 12.3 Å². The van der Waals surface area contributed by atoms with Gasteiger partial charge >= 0.3 is 0 Å². The van der Waals surface area contributed by atoms with Gasteiger partial charge in [-0.05, 0) is 0 Å². The number of nitrogens with one attached hydrogen (secondary N) is 1. The quantitative estimate of drug-likeness (QED) is 0.817. The maximum absolute atomic E-state index is 5.30. The lowest BCUT2D eigenvalue weighted by atomic mass is 10.7. The minimum atomic E-state index is 0. The Kier molecular flexibility index (Phi) is 11.8. The van der Waals surface area contributed by atoms with Gasteiger partial charge in [0.25, 0.3) is 0 Å². The highest BCUT2D eigenvalue weighted by Gasteiger charge is 1.93. The Bertz CT molecular complexity index is 170. The maximum Gasteiger partial charge on any atom is 0.137 e. The summed E-state index contributed by atoms with van der Waals surface area (Å²) in [6.07, 6.45) is 1.51. The fraction of sp³-hybridized carbons (Fsp3) is 0.600. The molecular weight excluding hydrogens is 308 g/mol. The number of halogens is 2. The highest BCUT2D eigenvalue weighted by atomic mass is 79.9. The first-order chi connectivity index (χ1) is 4.93.